The van der Waals surface area contributed by atoms with E-state index in [4.69, 9.17) is 4.74 Å². The summed E-state index contributed by atoms with van der Waals surface area (Å²) in [5.74, 6) is 0.858. The average molecular weight is 407 g/mol. The topological polar surface area (TPSA) is 86.8 Å². The summed E-state index contributed by atoms with van der Waals surface area (Å²) in [6.07, 6.45) is 3.02. The molecular formula is C22H25N5O3. The second kappa shape index (κ2) is 7.60. The number of hydrogen-bond donors (Lipinski definition) is 2. The largest absolute Gasteiger partial charge is 0.378 e. The van der Waals surface area contributed by atoms with E-state index < -0.39 is 5.54 Å². The molecule has 30 heavy (non-hydrogen) atoms. The highest BCUT2D eigenvalue weighted by Gasteiger charge is 2.44. The maximum Gasteiger partial charge on any atom is 0.255 e. The molecule has 2 fully saturated rings. The molecule has 2 aromatic rings. The van der Waals surface area contributed by atoms with Crippen LogP contribution in [0.5, 0.6) is 0 Å². The fourth-order valence-corrected chi connectivity index (χ4v) is 4.38. The van der Waals surface area contributed by atoms with Gasteiger partial charge in [-0.25, -0.2) is 4.98 Å². The number of benzene rings is 1. The molecule has 8 heteroatoms. The lowest BCUT2D eigenvalue weighted by Gasteiger charge is -2.44. The molecule has 0 unspecified atom stereocenters. The Bertz CT molecular complexity index is 948. The summed E-state index contributed by atoms with van der Waals surface area (Å²) in [5.41, 5.74) is 1.81. The number of pyridine rings is 1. The van der Waals surface area contributed by atoms with Gasteiger partial charge in [-0.05, 0) is 37.1 Å². The molecule has 0 bridgehead atoms. The molecule has 2 amide bonds. The highest BCUT2D eigenvalue weighted by atomic mass is 16.5. The molecule has 0 aliphatic carbocycles. The Morgan fingerprint density at radius 2 is 1.73 bits per heavy atom. The number of carbonyl (C=O) groups excluding carboxylic acids is 2. The smallest absolute Gasteiger partial charge is 0.255 e. The zero-order valence-electron chi connectivity index (χ0n) is 16.8. The van der Waals surface area contributed by atoms with E-state index in [2.05, 4.69) is 20.5 Å². The van der Waals surface area contributed by atoms with Crippen molar-refractivity contribution in [2.45, 2.75) is 18.4 Å². The number of hydrogen-bond acceptors (Lipinski definition) is 6. The van der Waals surface area contributed by atoms with Crippen molar-refractivity contribution in [3.8, 4) is 0 Å². The summed E-state index contributed by atoms with van der Waals surface area (Å²) in [5, 5.41) is 6.51. The lowest BCUT2D eigenvalue weighted by atomic mass is 9.84. The molecule has 4 heterocycles. The number of ether oxygens (including phenoxy) is 1. The summed E-state index contributed by atoms with van der Waals surface area (Å²) in [6, 6.07) is 11.5. The molecule has 2 saturated heterocycles. The van der Waals surface area contributed by atoms with Crippen LogP contribution in [0.25, 0.3) is 0 Å². The van der Waals surface area contributed by atoms with Crippen LogP contribution in [0.2, 0.25) is 0 Å². The van der Waals surface area contributed by atoms with Crippen molar-refractivity contribution in [2.75, 3.05) is 54.9 Å². The SMILES string of the molecule is O=C(c1ccc(N2CCC3(CC2)Nc2ccccc2NC3=O)nc1)N1CCOCC1. The zero-order valence-corrected chi connectivity index (χ0v) is 16.8. The van der Waals surface area contributed by atoms with Crippen molar-refractivity contribution in [1.29, 1.82) is 0 Å². The number of anilines is 3. The van der Waals surface area contributed by atoms with Gasteiger partial charge in [0.05, 0.1) is 30.2 Å². The number of para-hydroxylation sites is 2. The molecule has 0 radical (unpaired) electrons. The number of amides is 2. The van der Waals surface area contributed by atoms with Gasteiger partial charge >= 0.3 is 0 Å². The first kappa shape index (κ1) is 18.9. The number of nitrogens with zero attached hydrogens (tertiary/aromatic N) is 3. The van der Waals surface area contributed by atoms with E-state index in [9.17, 15) is 9.59 Å². The second-order valence-electron chi connectivity index (χ2n) is 8.00. The number of aromatic nitrogens is 1. The summed E-state index contributed by atoms with van der Waals surface area (Å²) in [4.78, 5) is 33.9. The van der Waals surface area contributed by atoms with Crippen molar-refractivity contribution in [3.63, 3.8) is 0 Å². The van der Waals surface area contributed by atoms with Gasteiger partial charge in [-0.3, -0.25) is 9.59 Å². The summed E-state index contributed by atoms with van der Waals surface area (Å²) < 4.78 is 5.31. The third kappa shape index (κ3) is 3.37. The minimum atomic E-state index is -0.586. The van der Waals surface area contributed by atoms with Gasteiger partial charge in [-0.2, -0.15) is 0 Å². The fourth-order valence-electron chi connectivity index (χ4n) is 4.38. The Morgan fingerprint density at radius 3 is 2.43 bits per heavy atom. The molecule has 5 rings (SSSR count). The third-order valence-electron chi connectivity index (χ3n) is 6.22. The minimum Gasteiger partial charge on any atom is -0.378 e. The first-order valence-corrected chi connectivity index (χ1v) is 10.4. The maximum atomic E-state index is 12.8. The lowest BCUT2D eigenvalue weighted by Crippen LogP contribution is -2.58. The summed E-state index contributed by atoms with van der Waals surface area (Å²) >= 11 is 0. The number of piperidine rings is 1. The van der Waals surface area contributed by atoms with Crippen LogP contribution < -0.4 is 15.5 Å². The molecule has 3 aliphatic rings. The van der Waals surface area contributed by atoms with E-state index in [0.717, 1.165) is 17.2 Å². The van der Waals surface area contributed by atoms with Gasteiger partial charge in [0.1, 0.15) is 11.4 Å². The first-order valence-electron chi connectivity index (χ1n) is 10.4. The van der Waals surface area contributed by atoms with Crippen LogP contribution in [0.1, 0.15) is 23.2 Å². The molecule has 0 saturated carbocycles. The standard InChI is InChI=1S/C22H25N5O3/c28-20(27-11-13-30-14-12-27)16-5-6-19(23-15-16)26-9-7-22(8-10-26)21(29)24-17-3-1-2-4-18(17)25-22/h1-6,15,25H,7-14H2,(H,24,29). The summed E-state index contributed by atoms with van der Waals surface area (Å²) in [7, 11) is 0. The Balaban J connectivity index is 1.25. The van der Waals surface area contributed by atoms with Crippen LogP contribution in [0.3, 0.4) is 0 Å². The van der Waals surface area contributed by atoms with Crippen LogP contribution in [0, 0.1) is 0 Å². The monoisotopic (exact) mass is 407 g/mol. The predicted octanol–water partition coefficient (Wildman–Crippen LogP) is 1.96. The van der Waals surface area contributed by atoms with Crippen LogP contribution in [-0.2, 0) is 9.53 Å². The van der Waals surface area contributed by atoms with E-state index in [1.54, 1.807) is 11.1 Å². The number of carbonyl (C=O) groups is 2. The van der Waals surface area contributed by atoms with Crippen molar-refractivity contribution >= 4 is 29.0 Å². The molecule has 8 nitrogen and oxygen atoms in total. The van der Waals surface area contributed by atoms with E-state index in [0.29, 0.717) is 57.8 Å². The molecule has 1 aromatic carbocycles. The lowest BCUT2D eigenvalue weighted by molar-refractivity contribution is -0.121. The normalized spacial score (nSPS) is 20.3. The number of rotatable bonds is 2. The Hall–Kier alpha value is -3.13. The Labute approximate surface area is 175 Å². The Morgan fingerprint density at radius 1 is 1.00 bits per heavy atom. The van der Waals surface area contributed by atoms with E-state index in [-0.39, 0.29) is 11.8 Å². The van der Waals surface area contributed by atoms with Gasteiger partial charge in [0.2, 0.25) is 5.91 Å². The molecule has 1 spiro atoms. The van der Waals surface area contributed by atoms with E-state index >= 15 is 0 Å². The molecule has 3 aliphatic heterocycles. The van der Waals surface area contributed by atoms with Gasteiger partial charge < -0.3 is 25.2 Å². The molecule has 1 aromatic heterocycles. The number of nitrogens with one attached hydrogen (secondary N) is 2. The molecule has 0 atom stereocenters. The first-order chi connectivity index (χ1) is 14.6. The van der Waals surface area contributed by atoms with Gasteiger partial charge in [-0.1, -0.05) is 12.1 Å². The molecule has 2 N–H and O–H groups in total. The predicted molar refractivity (Wildman–Crippen MR) is 114 cm³/mol. The summed E-state index contributed by atoms with van der Waals surface area (Å²) in [6.45, 7) is 3.83. The highest BCUT2D eigenvalue weighted by molar-refractivity contribution is 6.06. The average Bonchev–Trinajstić information content (AvgIpc) is 2.81. The van der Waals surface area contributed by atoms with Crippen LogP contribution >= 0.6 is 0 Å². The van der Waals surface area contributed by atoms with Crippen molar-refractivity contribution < 1.29 is 14.3 Å². The number of fused-ring (bicyclic) bond motifs is 1. The number of morpholine rings is 1. The Kier molecular flexibility index (Phi) is 4.78. The van der Waals surface area contributed by atoms with E-state index in [1.165, 1.54) is 0 Å². The van der Waals surface area contributed by atoms with Crippen molar-refractivity contribution in [2.24, 2.45) is 0 Å². The minimum absolute atomic E-state index is 0.00307. The quantitative estimate of drug-likeness (QED) is 0.792. The zero-order chi connectivity index (χ0) is 20.6. The van der Waals surface area contributed by atoms with Crippen molar-refractivity contribution in [3.05, 3.63) is 48.2 Å². The second-order valence-corrected chi connectivity index (χ2v) is 8.00. The highest BCUT2D eigenvalue weighted by Crippen LogP contribution is 2.36. The van der Waals surface area contributed by atoms with Gasteiger partial charge in [0, 0.05) is 32.4 Å². The van der Waals surface area contributed by atoms with Crippen LogP contribution in [-0.4, -0.2) is 66.6 Å². The van der Waals surface area contributed by atoms with Crippen molar-refractivity contribution in [1.82, 2.24) is 9.88 Å². The van der Waals surface area contributed by atoms with Gasteiger partial charge in [-0.15, -0.1) is 0 Å². The van der Waals surface area contributed by atoms with Gasteiger partial charge in [0.15, 0.2) is 0 Å². The fraction of sp³-hybridized carbons (Fsp3) is 0.409. The van der Waals surface area contributed by atoms with Gasteiger partial charge in [0.25, 0.3) is 5.91 Å². The molecule has 156 valence electrons. The molecular weight excluding hydrogens is 382 g/mol. The van der Waals surface area contributed by atoms with E-state index in [1.807, 2.05) is 36.4 Å². The maximum absolute atomic E-state index is 12.8. The van der Waals surface area contributed by atoms with Crippen LogP contribution in [0.4, 0.5) is 17.2 Å². The third-order valence-corrected chi connectivity index (χ3v) is 6.22. The van der Waals surface area contributed by atoms with Crippen LogP contribution in [0.15, 0.2) is 42.6 Å².